The maximum absolute atomic E-state index is 12.6. The highest BCUT2D eigenvalue weighted by Crippen LogP contribution is 2.09. The molecule has 0 unspecified atom stereocenters. The van der Waals surface area contributed by atoms with Gasteiger partial charge in [0, 0.05) is 30.6 Å². The van der Waals surface area contributed by atoms with Crippen molar-refractivity contribution >= 4 is 16.8 Å². The third-order valence-corrected chi connectivity index (χ3v) is 3.72. The topological polar surface area (TPSA) is 78.1 Å². The van der Waals surface area contributed by atoms with E-state index in [-0.39, 0.29) is 29.1 Å². The predicted octanol–water partition coefficient (Wildman–Crippen LogP) is 0.745. The van der Waals surface area contributed by atoms with Crippen molar-refractivity contribution in [2.75, 3.05) is 13.1 Å². The Morgan fingerprint density at radius 1 is 1.24 bits per heavy atom. The molecule has 1 aliphatic rings. The van der Waals surface area contributed by atoms with E-state index >= 15 is 0 Å². The summed E-state index contributed by atoms with van der Waals surface area (Å²) >= 11 is 0. The van der Waals surface area contributed by atoms with Crippen LogP contribution in [0.15, 0.2) is 29.1 Å². The smallest absolute Gasteiger partial charge is 0.278 e. The summed E-state index contributed by atoms with van der Waals surface area (Å²) in [6.45, 7) is 5.20. The second-order valence-electron chi connectivity index (χ2n) is 5.63. The van der Waals surface area contributed by atoms with E-state index in [1.807, 2.05) is 19.9 Å². The van der Waals surface area contributed by atoms with Crippen LogP contribution >= 0.6 is 0 Å². The third-order valence-electron chi connectivity index (χ3n) is 3.72. The van der Waals surface area contributed by atoms with Crippen molar-refractivity contribution in [1.29, 1.82) is 0 Å². The van der Waals surface area contributed by atoms with Crippen molar-refractivity contribution in [2.24, 2.45) is 0 Å². The molecule has 110 valence electrons. The zero-order valence-corrected chi connectivity index (χ0v) is 12.1. The molecule has 21 heavy (non-hydrogen) atoms. The number of rotatable bonds is 1. The first-order chi connectivity index (χ1) is 10.1. The molecule has 3 rings (SSSR count). The van der Waals surface area contributed by atoms with E-state index in [1.165, 1.54) is 0 Å². The number of hydrogen-bond donors (Lipinski definition) is 2. The number of fused-ring (bicyclic) bond motifs is 1. The summed E-state index contributed by atoms with van der Waals surface area (Å²) in [6.07, 6.45) is 0. The van der Waals surface area contributed by atoms with Crippen molar-refractivity contribution in [3.63, 3.8) is 0 Å². The van der Waals surface area contributed by atoms with Gasteiger partial charge in [0.15, 0.2) is 5.69 Å². The van der Waals surface area contributed by atoms with E-state index in [1.54, 1.807) is 23.1 Å². The first kappa shape index (κ1) is 13.8. The second-order valence-corrected chi connectivity index (χ2v) is 5.63. The van der Waals surface area contributed by atoms with Crippen molar-refractivity contribution in [2.45, 2.75) is 25.9 Å². The molecule has 1 aromatic heterocycles. The summed E-state index contributed by atoms with van der Waals surface area (Å²) in [5, 5.41) is 10.6. The zero-order valence-electron chi connectivity index (χ0n) is 12.1. The Balaban J connectivity index is 1.98. The minimum atomic E-state index is -0.312. The molecular weight excluding hydrogens is 268 g/mol. The Morgan fingerprint density at radius 3 is 2.62 bits per heavy atom. The summed E-state index contributed by atoms with van der Waals surface area (Å²) in [5.74, 6) is -0.304. The summed E-state index contributed by atoms with van der Waals surface area (Å²) in [6, 6.07) is 7.49. The normalized spacial score (nSPS) is 22.5. The molecule has 2 N–H and O–H groups in total. The van der Waals surface area contributed by atoms with E-state index in [0.717, 1.165) is 0 Å². The highest BCUT2D eigenvalue weighted by molar-refractivity contribution is 5.95. The highest BCUT2D eigenvalue weighted by Gasteiger charge is 2.28. The molecule has 0 radical (unpaired) electrons. The maximum atomic E-state index is 12.6. The molecule has 1 fully saturated rings. The van der Waals surface area contributed by atoms with Crippen LogP contribution in [0.5, 0.6) is 0 Å². The number of benzene rings is 1. The number of nitrogens with one attached hydrogen (secondary N) is 2. The molecule has 2 atom stereocenters. The van der Waals surface area contributed by atoms with Gasteiger partial charge in [-0.2, -0.15) is 5.10 Å². The second kappa shape index (κ2) is 5.29. The summed E-state index contributed by atoms with van der Waals surface area (Å²) < 4.78 is 0. The molecule has 2 aromatic rings. The van der Waals surface area contributed by atoms with Crippen LogP contribution in [0.4, 0.5) is 0 Å². The van der Waals surface area contributed by atoms with Crippen LogP contribution in [-0.2, 0) is 0 Å². The molecule has 0 bridgehead atoms. The van der Waals surface area contributed by atoms with Gasteiger partial charge in [0.1, 0.15) is 0 Å². The number of carbonyl (C=O) groups excluding carboxylic acids is 1. The minimum absolute atomic E-state index is 0.0324. The van der Waals surface area contributed by atoms with E-state index in [0.29, 0.717) is 24.0 Å². The Bertz CT molecular complexity index is 730. The average Bonchev–Trinajstić information content (AvgIpc) is 2.46. The maximum Gasteiger partial charge on any atom is 0.278 e. The Hall–Kier alpha value is -2.21. The monoisotopic (exact) mass is 286 g/mol. The summed E-state index contributed by atoms with van der Waals surface area (Å²) in [4.78, 5) is 26.7. The van der Waals surface area contributed by atoms with Crippen LogP contribution in [0.3, 0.4) is 0 Å². The van der Waals surface area contributed by atoms with Crippen LogP contribution in [-0.4, -0.2) is 46.2 Å². The van der Waals surface area contributed by atoms with Gasteiger partial charge in [-0.15, -0.1) is 0 Å². The first-order valence-corrected chi connectivity index (χ1v) is 7.09. The predicted molar refractivity (Wildman–Crippen MR) is 80.3 cm³/mol. The highest BCUT2D eigenvalue weighted by atomic mass is 16.2. The Morgan fingerprint density at radius 2 is 1.90 bits per heavy atom. The van der Waals surface area contributed by atoms with Gasteiger partial charge >= 0.3 is 0 Å². The van der Waals surface area contributed by atoms with Gasteiger partial charge in [-0.3, -0.25) is 14.7 Å². The van der Waals surface area contributed by atoms with Gasteiger partial charge in [-0.1, -0.05) is 12.1 Å². The molecule has 2 heterocycles. The molecule has 1 aromatic carbocycles. The number of H-pyrrole nitrogens is 1. The molecular formula is C15H18N4O2. The standard InChI is InChI=1S/C15H18N4O2/c1-9-7-19(8-10(2)16-9)15(21)13-14(20)11-5-3-4-6-12(11)17-18-13/h3-6,9-10,16H,7-8H2,1-2H3,(H,17,20)/t9-,10-/m0/s1. The fraction of sp³-hybridized carbons (Fsp3) is 0.400. The fourth-order valence-electron chi connectivity index (χ4n) is 2.86. The van der Waals surface area contributed by atoms with E-state index in [9.17, 15) is 9.59 Å². The largest absolute Gasteiger partial charge is 0.334 e. The van der Waals surface area contributed by atoms with Crippen LogP contribution in [0.1, 0.15) is 24.3 Å². The van der Waals surface area contributed by atoms with Crippen LogP contribution in [0.2, 0.25) is 0 Å². The SMILES string of the molecule is C[C@H]1CN(C(=O)c2n[nH]c3ccccc3c2=O)C[C@H](C)N1. The molecule has 1 aliphatic heterocycles. The molecule has 0 aliphatic carbocycles. The van der Waals surface area contributed by atoms with Crippen LogP contribution in [0.25, 0.3) is 10.9 Å². The summed E-state index contributed by atoms with van der Waals surface area (Å²) in [5.41, 5.74) is 0.296. The zero-order chi connectivity index (χ0) is 15.0. The number of piperazine rings is 1. The molecule has 1 amide bonds. The van der Waals surface area contributed by atoms with Gasteiger partial charge in [0.25, 0.3) is 5.91 Å². The van der Waals surface area contributed by atoms with E-state index in [2.05, 4.69) is 15.5 Å². The number of carbonyl (C=O) groups is 1. The van der Waals surface area contributed by atoms with Gasteiger partial charge in [0.2, 0.25) is 5.43 Å². The van der Waals surface area contributed by atoms with Crippen molar-refractivity contribution in [1.82, 2.24) is 20.4 Å². The van der Waals surface area contributed by atoms with Gasteiger partial charge < -0.3 is 10.2 Å². The number of aromatic amines is 1. The lowest BCUT2D eigenvalue weighted by atomic mass is 10.1. The third kappa shape index (κ3) is 2.54. The summed E-state index contributed by atoms with van der Waals surface area (Å²) in [7, 11) is 0. The molecule has 0 spiro atoms. The number of amides is 1. The fourth-order valence-corrected chi connectivity index (χ4v) is 2.86. The molecule has 6 heteroatoms. The number of hydrogen-bond acceptors (Lipinski definition) is 4. The van der Waals surface area contributed by atoms with E-state index in [4.69, 9.17) is 0 Å². The van der Waals surface area contributed by atoms with Crippen LogP contribution < -0.4 is 10.7 Å². The van der Waals surface area contributed by atoms with Crippen molar-refractivity contribution < 1.29 is 4.79 Å². The number of para-hydroxylation sites is 1. The van der Waals surface area contributed by atoms with Crippen LogP contribution in [0, 0.1) is 0 Å². The Labute approximate surface area is 122 Å². The molecule has 1 saturated heterocycles. The van der Waals surface area contributed by atoms with Crippen molar-refractivity contribution in [3.05, 3.63) is 40.2 Å². The number of aromatic nitrogens is 2. The molecule has 0 saturated carbocycles. The molecule has 6 nitrogen and oxygen atoms in total. The first-order valence-electron chi connectivity index (χ1n) is 7.09. The quantitative estimate of drug-likeness (QED) is 0.811. The van der Waals surface area contributed by atoms with E-state index < -0.39 is 0 Å². The number of nitrogens with zero attached hydrogens (tertiary/aromatic N) is 2. The average molecular weight is 286 g/mol. The lowest BCUT2D eigenvalue weighted by molar-refractivity contribution is 0.0665. The lowest BCUT2D eigenvalue weighted by Gasteiger charge is -2.35. The van der Waals surface area contributed by atoms with Gasteiger partial charge in [-0.05, 0) is 26.0 Å². The Kier molecular flexibility index (Phi) is 3.47. The minimum Gasteiger partial charge on any atom is -0.334 e. The van der Waals surface area contributed by atoms with Gasteiger partial charge in [0.05, 0.1) is 5.52 Å². The van der Waals surface area contributed by atoms with Crippen molar-refractivity contribution in [3.8, 4) is 0 Å². The van der Waals surface area contributed by atoms with Gasteiger partial charge in [-0.25, -0.2) is 0 Å². The lowest BCUT2D eigenvalue weighted by Crippen LogP contribution is -2.56.